The maximum absolute atomic E-state index is 3.83. The third kappa shape index (κ3) is 2.03. The van der Waals surface area contributed by atoms with Gasteiger partial charge in [-0.25, -0.2) is 0 Å². The Bertz CT molecular complexity index is 203. The lowest BCUT2D eigenvalue weighted by molar-refractivity contribution is 0.766. The van der Waals surface area contributed by atoms with Crippen LogP contribution < -0.4 is 5.32 Å². The van der Waals surface area contributed by atoms with E-state index in [2.05, 4.69) is 40.8 Å². The van der Waals surface area contributed by atoms with Crippen molar-refractivity contribution in [2.45, 2.75) is 13.0 Å². The van der Waals surface area contributed by atoms with E-state index >= 15 is 0 Å². The van der Waals surface area contributed by atoms with Gasteiger partial charge in [0, 0.05) is 6.04 Å². The smallest absolute Gasteiger partial charge is 0.0790 e. The molecule has 1 unspecified atom stereocenters. The average molecular weight is 200 g/mol. The van der Waals surface area contributed by atoms with Crippen molar-refractivity contribution >= 4 is 15.9 Å². The van der Waals surface area contributed by atoms with Crippen molar-refractivity contribution in [2.75, 3.05) is 0 Å². The third-order valence-electron chi connectivity index (χ3n) is 1.28. The van der Waals surface area contributed by atoms with E-state index in [0.717, 1.165) is 10.2 Å². The number of hydrogen-bond acceptors (Lipinski definition) is 1. The zero-order valence-corrected chi connectivity index (χ0v) is 7.48. The molecule has 0 aromatic carbocycles. The monoisotopic (exact) mass is 199 g/mol. The molecule has 10 heavy (non-hydrogen) atoms. The van der Waals surface area contributed by atoms with Gasteiger partial charge in [0.15, 0.2) is 0 Å². The number of hydrogen-bond donors (Lipinski definition) is 1. The summed E-state index contributed by atoms with van der Waals surface area (Å²) in [6.45, 7) is 5.91. The van der Waals surface area contributed by atoms with Crippen molar-refractivity contribution in [3.8, 4) is 0 Å². The minimum absolute atomic E-state index is 0.380. The molecule has 1 aliphatic rings. The van der Waals surface area contributed by atoms with E-state index in [1.54, 1.807) is 0 Å². The lowest BCUT2D eigenvalue weighted by Crippen LogP contribution is -2.19. The summed E-state index contributed by atoms with van der Waals surface area (Å²) in [7, 11) is 0. The molecule has 1 nitrogen and oxygen atoms in total. The fourth-order valence-electron chi connectivity index (χ4n) is 0.786. The molecule has 2 heteroatoms. The number of halogens is 1. The van der Waals surface area contributed by atoms with Crippen LogP contribution in [-0.2, 0) is 0 Å². The maximum atomic E-state index is 3.83. The standard InChI is InChI=1S/C8H10BrN/c1-6-3-4-7(2)10-8(9)5-6/h3-5,7,10H,1H2,2H3. The predicted octanol–water partition coefficient (Wildman–Crippen LogP) is 2.33. The Morgan fingerprint density at radius 3 is 3.10 bits per heavy atom. The Morgan fingerprint density at radius 2 is 2.40 bits per heavy atom. The lowest BCUT2D eigenvalue weighted by atomic mass is 10.2. The van der Waals surface area contributed by atoms with E-state index in [4.69, 9.17) is 0 Å². The summed E-state index contributed by atoms with van der Waals surface area (Å²) in [5.74, 6) is 0. The second-order valence-electron chi connectivity index (χ2n) is 2.36. The minimum atomic E-state index is 0.380. The van der Waals surface area contributed by atoms with E-state index in [9.17, 15) is 0 Å². The van der Waals surface area contributed by atoms with Gasteiger partial charge in [0.2, 0.25) is 0 Å². The molecule has 1 atom stereocenters. The Labute approximate surface area is 69.6 Å². The highest BCUT2D eigenvalue weighted by Gasteiger charge is 2.00. The van der Waals surface area contributed by atoms with Gasteiger partial charge in [0.25, 0.3) is 0 Å². The van der Waals surface area contributed by atoms with E-state index in [1.165, 1.54) is 0 Å². The van der Waals surface area contributed by atoms with Crippen molar-refractivity contribution < 1.29 is 0 Å². The molecular weight excluding hydrogens is 190 g/mol. The Hall–Kier alpha value is -0.500. The highest BCUT2D eigenvalue weighted by molar-refractivity contribution is 9.11. The Kier molecular flexibility index (Phi) is 2.33. The van der Waals surface area contributed by atoms with Crippen molar-refractivity contribution in [1.82, 2.24) is 5.32 Å². The molecule has 1 aliphatic heterocycles. The molecule has 0 radical (unpaired) electrons. The zero-order chi connectivity index (χ0) is 7.56. The zero-order valence-electron chi connectivity index (χ0n) is 5.89. The number of rotatable bonds is 0. The largest absolute Gasteiger partial charge is 0.373 e. The first-order valence-electron chi connectivity index (χ1n) is 3.19. The molecule has 0 saturated heterocycles. The summed E-state index contributed by atoms with van der Waals surface area (Å²) in [5, 5.41) is 3.20. The second kappa shape index (κ2) is 3.06. The fraction of sp³-hybridized carbons (Fsp3) is 0.250. The lowest BCUT2D eigenvalue weighted by Gasteiger charge is -2.06. The van der Waals surface area contributed by atoms with Gasteiger partial charge in [-0.05, 0) is 34.5 Å². The van der Waals surface area contributed by atoms with Gasteiger partial charge in [0.1, 0.15) is 0 Å². The SMILES string of the molecule is C=C1C=CC(C)NC(Br)=C1. The van der Waals surface area contributed by atoms with Crippen LogP contribution in [-0.4, -0.2) is 6.04 Å². The normalized spacial score (nSPS) is 25.2. The van der Waals surface area contributed by atoms with Gasteiger partial charge >= 0.3 is 0 Å². The van der Waals surface area contributed by atoms with Crippen LogP contribution in [0.15, 0.2) is 35.0 Å². The second-order valence-corrected chi connectivity index (χ2v) is 3.21. The van der Waals surface area contributed by atoms with Gasteiger partial charge in [-0.15, -0.1) is 0 Å². The Balaban J connectivity index is 2.79. The van der Waals surface area contributed by atoms with Crippen LogP contribution in [0.2, 0.25) is 0 Å². The first kappa shape index (κ1) is 7.61. The van der Waals surface area contributed by atoms with Crippen LogP contribution in [0, 0.1) is 0 Å². The molecule has 0 aromatic heterocycles. The molecule has 0 aromatic rings. The van der Waals surface area contributed by atoms with Crippen LogP contribution in [0.5, 0.6) is 0 Å². The van der Waals surface area contributed by atoms with Crippen molar-refractivity contribution in [2.24, 2.45) is 0 Å². The molecule has 0 amide bonds. The first-order chi connectivity index (χ1) is 4.68. The first-order valence-corrected chi connectivity index (χ1v) is 3.98. The molecule has 0 fully saturated rings. The van der Waals surface area contributed by atoms with E-state index < -0.39 is 0 Å². The van der Waals surface area contributed by atoms with Crippen LogP contribution in [0.25, 0.3) is 0 Å². The molecule has 1 N–H and O–H groups in total. The van der Waals surface area contributed by atoms with E-state index in [-0.39, 0.29) is 0 Å². The van der Waals surface area contributed by atoms with Crippen molar-refractivity contribution in [3.63, 3.8) is 0 Å². The van der Waals surface area contributed by atoms with E-state index in [0.29, 0.717) is 6.04 Å². The topological polar surface area (TPSA) is 12.0 Å². The van der Waals surface area contributed by atoms with Crippen molar-refractivity contribution in [3.05, 3.63) is 35.0 Å². The van der Waals surface area contributed by atoms with Gasteiger partial charge in [-0.3, -0.25) is 0 Å². The average Bonchev–Trinajstić information content (AvgIpc) is 1.93. The summed E-state index contributed by atoms with van der Waals surface area (Å²) < 4.78 is 0.995. The molecule has 0 aliphatic carbocycles. The predicted molar refractivity (Wildman–Crippen MR) is 47.9 cm³/mol. The molecule has 54 valence electrons. The fourth-order valence-corrected chi connectivity index (χ4v) is 1.44. The highest BCUT2D eigenvalue weighted by atomic mass is 79.9. The summed E-state index contributed by atoms with van der Waals surface area (Å²) in [4.78, 5) is 0. The Morgan fingerprint density at radius 1 is 1.70 bits per heavy atom. The quantitative estimate of drug-likeness (QED) is 0.591. The highest BCUT2D eigenvalue weighted by Crippen LogP contribution is 2.11. The molecule has 0 saturated carbocycles. The van der Waals surface area contributed by atoms with Gasteiger partial charge in [-0.1, -0.05) is 18.7 Å². The van der Waals surface area contributed by atoms with Gasteiger partial charge < -0.3 is 5.32 Å². The summed E-state index contributed by atoms with van der Waals surface area (Å²) in [6, 6.07) is 0.380. The molecule has 0 bridgehead atoms. The summed E-state index contributed by atoms with van der Waals surface area (Å²) in [6.07, 6.45) is 6.04. The van der Waals surface area contributed by atoms with Gasteiger partial charge in [-0.2, -0.15) is 0 Å². The number of nitrogens with one attached hydrogen (secondary N) is 1. The maximum Gasteiger partial charge on any atom is 0.0790 e. The van der Waals surface area contributed by atoms with Gasteiger partial charge in [0.05, 0.1) is 4.61 Å². The molecular formula is C8H10BrN. The van der Waals surface area contributed by atoms with Crippen LogP contribution in [0.1, 0.15) is 6.92 Å². The molecule has 0 spiro atoms. The summed E-state index contributed by atoms with van der Waals surface area (Å²) in [5.41, 5.74) is 1.02. The summed E-state index contributed by atoms with van der Waals surface area (Å²) >= 11 is 3.37. The number of allylic oxidation sites excluding steroid dienone is 3. The third-order valence-corrected chi connectivity index (χ3v) is 1.73. The molecule has 1 heterocycles. The van der Waals surface area contributed by atoms with E-state index in [1.807, 2.05) is 12.2 Å². The van der Waals surface area contributed by atoms with Crippen molar-refractivity contribution in [1.29, 1.82) is 0 Å². The van der Waals surface area contributed by atoms with Crippen LogP contribution >= 0.6 is 15.9 Å². The van der Waals surface area contributed by atoms with Crippen LogP contribution in [0.4, 0.5) is 0 Å². The van der Waals surface area contributed by atoms with Crippen LogP contribution in [0.3, 0.4) is 0 Å². The molecule has 1 rings (SSSR count). The minimum Gasteiger partial charge on any atom is -0.373 e.